The molecule has 2 aromatic rings. The number of ketones is 1. The summed E-state index contributed by atoms with van der Waals surface area (Å²) >= 11 is 0. The van der Waals surface area contributed by atoms with Gasteiger partial charge in [0, 0.05) is 24.0 Å². The number of anilines is 1. The summed E-state index contributed by atoms with van der Waals surface area (Å²) < 4.78 is 40.8. The molecule has 8 heteroatoms. The molecule has 1 aromatic heterocycles. The quantitative estimate of drug-likeness (QED) is 0.807. The van der Waals surface area contributed by atoms with E-state index in [0.717, 1.165) is 6.42 Å². The Bertz CT molecular complexity index is 878. The molecule has 5 nitrogen and oxygen atoms in total. The Morgan fingerprint density at radius 1 is 1.15 bits per heavy atom. The van der Waals surface area contributed by atoms with Crippen LogP contribution in [0.2, 0.25) is 0 Å². The van der Waals surface area contributed by atoms with Crippen molar-refractivity contribution in [1.82, 2.24) is 4.98 Å². The molecule has 134 valence electrons. The van der Waals surface area contributed by atoms with Gasteiger partial charge in [-0.1, -0.05) is 0 Å². The molecular weight excluding hydrogens is 347 g/mol. The summed E-state index contributed by atoms with van der Waals surface area (Å²) in [5, 5.41) is 0. The zero-order valence-corrected chi connectivity index (χ0v) is 13.5. The van der Waals surface area contributed by atoms with Gasteiger partial charge >= 0.3 is 6.36 Å². The van der Waals surface area contributed by atoms with Gasteiger partial charge in [0.05, 0.1) is 17.8 Å². The number of halogens is 3. The molecule has 1 aromatic carbocycles. The van der Waals surface area contributed by atoms with Crippen LogP contribution in [-0.2, 0) is 0 Å². The number of aliphatic imine (C=N–C) groups is 1. The molecule has 0 spiro atoms. The summed E-state index contributed by atoms with van der Waals surface area (Å²) in [6.45, 7) is 0.637. The number of Topliss-reactive ketones (excluding diaryl/α,β-unsaturated/α-hetero) is 1. The molecule has 0 bridgehead atoms. The number of pyridine rings is 1. The summed E-state index contributed by atoms with van der Waals surface area (Å²) in [7, 11) is 0. The van der Waals surface area contributed by atoms with Crippen LogP contribution >= 0.6 is 0 Å². The van der Waals surface area contributed by atoms with Crippen LogP contribution < -0.4 is 9.64 Å². The van der Waals surface area contributed by atoms with Crippen molar-refractivity contribution in [2.24, 2.45) is 10.9 Å². The van der Waals surface area contributed by atoms with Crippen LogP contribution in [0.1, 0.15) is 23.2 Å². The van der Waals surface area contributed by atoms with Crippen LogP contribution in [-0.4, -0.2) is 29.5 Å². The van der Waals surface area contributed by atoms with Crippen LogP contribution in [0, 0.1) is 5.92 Å². The van der Waals surface area contributed by atoms with Crippen molar-refractivity contribution in [2.45, 2.75) is 19.2 Å². The lowest BCUT2D eigenvalue weighted by Crippen LogP contribution is -2.45. The van der Waals surface area contributed by atoms with Gasteiger partial charge in [-0.05, 0) is 43.2 Å². The lowest BCUT2D eigenvalue weighted by Gasteiger charge is -2.37. The van der Waals surface area contributed by atoms with E-state index >= 15 is 0 Å². The molecule has 0 amide bonds. The van der Waals surface area contributed by atoms with Gasteiger partial charge in [-0.25, -0.2) is 4.99 Å². The van der Waals surface area contributed by atoms with Crippen molar-refractivity contribution in [3.8, 4) is 5.75 Å². The Balaban J connectivity index is 1.67. The molecule has 1 atom stereocenters. The van der Waals surface area contributed by atoms with Gasteiger partial charge in [-0.15, -0.1) is 13.2 Å². The third kappa shape index (κ3) is 3.02. The lowest BCUT2D eigenvalue weighted by molar-refractivity contribution is -0.274. The first-order chi connectivity index (χ1) is 12.4. The van der Waals surface area contributed by atoms with Crippen molar-refractivity contribution in [3.05, 3.63) is 48.3 Å². The van der Waals surface area contributed by atoms with E-state index in [2.05, 4.69) is 14.7 Å². The van der Waals surface area contributed by atoms with Crippen LogP contribution in [0.5, 0.6) is 5.75 Å². The standard InChI is InChI=1S/C18H14F3N3O2/c19-18(20,21)26-12-5-3-11(4-6-12)24-9-1-2-14-16(25)13-7-8-22-10-15(13)23-17(14)24/h3-8,10,14H,1-2,9H2. The lowest BCUT2D eigenvalue weighted by atomic mass is 9.86. The summed E-state index contributed by atoms with van der Waals surface area (Å²) in [4.78, 5) is 23.3. The number of benzene rings is 1. The molecule has 4 rings (SSSR count). The second-order valence-electron chi connectivity index (χ2n) is 6.12. The fraction of sp³-hybridized carbons (Fsp3) is 0.278. The van der Waals surface area contributed by atoms with E-state index in [4.69, 9.17) is 0 Å². The zero-order chi connectivity index (χ0) is 18.3. The minimum absolute atomic E-state index is 0.00845. The van der Waals surface area contributed by atoms with Crippen molar-refractivity contribution >= 4 is 23.0 Å². The third-order valence-corrected chi connectivity index (χ3v) is 4.46. The van der Waals surface area contributed by atoms with Crippen LogP contribution in [0.25, 0.3) is 0 Å². The highest BCUT2D eigenvalue weighted by molar-refractivity contribution is 6.21. The van der Waals surface area contributed by atoms with Gasteiger partial charge in [0.1, 0.15) is 11.6 Å². The van der Waals surface area contributed by atoms with Crippen LogP contribution in [0.15, 0.2) is 47.7 Å². The van der Waals surface area contributed by atoms with Crippen molar-refractivity contribution < 1.29 is 22.7 Å². The minimum atomic E-state index is -4.73. The predicted octanol–water partition coefficient (Wildman–Crippen LogP) is 4.12. The third-order valence-electron chi connectivity index (χ3n) is 4.46. The first-order valence-corrected chi connectivity index (χ1v) is 8.12. The predicted molar refractivity (Wildman–Crippen MR) is 88.9 cm³/mol. The van der Waals surface area contributed by atoms with Gasteiger partial charge < -0.3 is 9.64 Å². The summed E-state index contributed by atoms with van der Waals surface area (Å²) in [5.41, 5.74) is 1.75. The van der Waals surface area contributed by atoms with E-state index in [1.807, 2.05) is 4.90 Å². The smallest absolute Gasteiger partial charge is 0.406 e. The Labute approximate surface area is 147 Å². The highest BCUT2D eigenvalue weighted by Gasteiger charge is 2.37. The normalized spacial score (nSPS) is 19.5. The Kier molecular flexibility index (Phi) is 3.90. The Morgan fingerprint density at radius 2 is 1.92 bits per heavy atom. The number of ether oxygens (including phenoxy) is 1. The molecule has 26 heavy (non-hydrogen) atoms. The monoisotopic (exact) mass is 361 g/mol. The van der Waals surface area contributed by atoms with Gasteiger partial charge in [0.15, 0.2) is 5.78 Å². The van der Waals surface area contributed by atoms with E-state index in [0.29, 0.717) is 35.7 Å². The van der Waals surface area contributed by atoms with Crippen molar-refractivity contribution in [3.63, 3.8) is 0 Å². The number of alkyl halides is 3. The minimum Gasteiger partial charge on any atom is -0.406 e. The second-order valence-corrected chi connectivity index (χ2v) is 6.12. The highest BCUT2D eigenvalue weighted by Crippen LogP contribution is 2.36. The number of aromatic nitrogens is 1. The largest absolute Gasteiger partial charge is 0.573 e. The van der Waals surface area contributed by atoms with E-state index in [1.165, 1.54) is 24.3 Å². The molecular formula is C18H14F3N3O2. The number of carbonyl (C=O) groups is 1. The number of hydrogen-bond acceptors (Lipinski definition) is 5. The van der Waals surface area contributed by atoms with E-state index in [-0.39, 0.29) is 17.5 Å². The molecule has 0 aliphatic carbocycles. The van der Waals surface area contributed by atoms with Crippen molar-refractivity contribution in [1.29, 1.82) is 0 Å². The van der Waals surface area contributed by atoms with E-state index in [1.54, 1.807) is 18.5 Å². The number of nitrogens with zero attached hydrogens (tertiary/aromatic N) is 3. The summed E-state index contributed by atoms with van der Waals surface area (Å²) in [6.07, 6.45) is -0.128. The number of fused-ring (bicyclic) bond motifs is 2. The topological polar surface area (TPSA) is 54.8 Å². The molecule has 0 N–H and O–H groups in total. The zero-order valence-electron chi connectivity index (χ0n) is 13.5. The number of piperidine rings is 1. The fourth-order valence-corrected chi connectivity index (χ4v) is 3.36. The number of carbonyl (C=O) groups excluding carboxylic acids is 1. The van der Waals surface area contributed by atoms with Crippen LogP contribution in [0.4, 0.5) is 24.5 Å². The molecule has 1 saturated heterocycles. The molecule has 2 aliphatic heterocycles. The van der Waals surface area contributed by atoms with Gasteiger partial charge in [-0.2, -0.15) is 0 Å². The maximum absolute atomic E-state index is 12.8. The molecule has 3 heterocycles. The molecule has 1 fully saturated rings. The fourth-order valence-electron chi connectivity index (χ4n) is 3.36. The van der Waals surface area contributed by atoms with Crippen LogP contribution in [0.3, 0.4) is 0 Å². The highest BCUT2D eigenvalue weighted by atomic mass is 19.4. The molecule has 0 radical (unpaired) electrons. The SMILES string of the molecule is O=C1c2ccncc2N=C2C1CCCN2c1ccc(OC(F)(F)F)cc1. The first-order valence-electron chi connectivity index (χ1n) is 8.12. The number of rotatable bonds is 2. The molecule has 2 aliphatic rings. The first kappa shape index (κ1) is 16.6. The maximum Gasteiger partial charge on any atom is 0.573 e. The summed E-state index contributed by atoms with van der Waals surface area (Å²) in [5.74, 6) is -0.00358. The van der Waals surface area contributed by atoms with E-state index < -0.39 is 6.36 Å². The van der Waals surface area contributed by atoms with Gasteiger partial charge in [0.25, 0.3) is 0 Å². The average molecular weight is 361 g/mol. The van der Waals surface area contributed by atoms with Crippen molar-refractivity contribution in [2.75, 3.05) is 11.4 Å². The number of amidine groups is 1. The molecule has 1 unspecified atom stereocenters. The average Bonchev–Trinajstić information content (AvgIpc) is 2.61. The Hall–Kier alpha value is -2.90. The van der Waals surface area contributed by atoms with Gasteiger partial charge in [-0.3, -0.25) is 9.78 Å². The molecule has 0 saturated carbocycles. The number of hydrogen-bond donors (Lipinski definition) is 0. The summed E-state index contributed by atoms with van der Waals surface area (Å²) in [6, 6.07) is 7.25. The Morgan fingerprint density at radius 3 is 2.65 bits per heavy atom. The van der Waals surface area contributed by atoms with Gasteiger partial charge in [0.2, 0.25) is 0 Å². The second kappa shape index (κ2) is 6.12. The van der Waals surface area contributed by atoms with E-state index in [9.17, 15) is 18.0 Å². The maximum atomic E-state index is 12.8.